The third kappa shape index (κ3) is 3.79. The minimum absolute atomic E-state index is 0. The molecule has 7 heteroatoms. The summed E-state index contributed by atoms with van der Waals surface area (Å²) in [5, 5.41) is 3.58. The van der Waals surface area contributed by atoms with Crippen LogP contribution in [-0.2, 0) is 4.79 Å². The van der Waals surface area contributed by atoms with E-state index in [2.05, 4.69) is 5.32 Å². The Morgan fingerprint density at radius 3 is 2.70 bits per heavy atom. The molecule has 1 aromatic carbocycles. The fourth-order valence-corrected chi connectivity index (χ4v) is 4.72. The molecule has 0 radical (unpaired) electrons. The number of pyridine rings is 1. The number of halogens is 2. The lowest BCUT2D eigenvalue weighted by atomic mass is 9.94. The smallest absolute Gasteiger partial charge is 0.242 e. The number of hydrogen-bond donors (Lipinski definition) is 1. The van der Waals surface area contributed by atoms with Crippen molar-refractivity contribution in [1.82, 2.24) is 15.2 Å². The molecule has 1 aromatic heterocycles. The van der Waals surface area contributed by atoms with E-state index in [0.717, 1.165) is 48.3 Å². The van der Waals surface area contributed by atoms with Gasteiger partial charge < -0.3 is 9.64 Å². The average Bonchev–Trinajstić information content (AvgIpc) is 3.25. The Balaban J connectivity index is 0.00000256. The van der Waals surface area contributed by atoms with Gasteiger partial charge in [-0.1, -0.05) is 0 Å². The van der Waals surface area contributed by atoms with E-state index >= 15 is 0 Å². The van der Waals surface area contributed by atoms with Crippen LogP contribution in [0.3, 0.4) is 0 Å². The van der Waals surface area contributed by atoms with Gasteiger partial charge in [-0.15, -0.1) is 12.4 Å². The molecular formula is C23H29ClFN3O2. The van der Waals surface area contributed by atoms with Gasteiger partial charge in [-0.25, -0.2) is 4.39 Å². The van der Waals surface area contributed by atoms with E-state index in [1.807, 2.05) is 33.9 Å². The number of likely N-dealkylation sites (N-methyl/N-ethyl adjacent to an activating group) is 1. The van der Waals surface area contributed by atoms with Crippen molar-refractivity contribution in [2.45, 2.75) is 51.6 Å². The molecule has 30 heavy (non-hydrogen) atoms. The number of likely N-dealkylation sites (tertiary alicyclic amines) is 1. The summed E-state index contributed by atoms with van der Waals surface area (Å²) in [6.45, 7) is 7.13. The Bertz CT molecular complexity index is 968. The first-order chi connectivity index (χ1) is 13.8. The quantitative estimate of drug-likeness (QED) is 0.778. The summed E-state index contributed by atoms with van der Waals surface area (Å²) < 4.78 is 20.3. The van der Waals surface area contributed by atoms with Crippen molar-refractivity contribution >= 4 is 18.3 Å². The van der Waals surface area contributed by atoms with Crippen LogP contribution < -0.4 is 10.1 Å². The Morgan fingerprint density at radius 1 is 1.27 bits per heavy atom. The second kappa shape index (κ2) is 8.52. The molecule has 0 aliphatic carbocycles. The molecule has 1 spiro atoms. The van der Waals surface area contributed by atoms with Gasteiger partial charge in [0, 0.05) is 24.8 Å². The molecule has 2 aromatic rings. The van der Waals surface area contributed by atoms with Crippen molar-refractivity contribution in [2.75, 3.05) is 20.2 Å². The molecule has 2 aliphatic heterocycles. The molecule has 2 unspecified atom stereocenters. The van der Waals surface area contributed by atoms with Gasteiger partial charge in [0.2, 0.25) is 5.91 Å². The SMILES string of the molecule is CCOc1ccc(F)c(-c2cc(C)nc(C3CCC4(CCN(C)C4=O)N3)c2C)c1.Cl. The molecule has 2 saturated heterocycles. The summed E-state index contributed by atoms with van der Waals surface area (Å²) in [4.78, 5) is 19.3. The Morgan fingerprint density at radius 2 is 2.03 bits per heavy atom. The van der Waals surface area contributed by atoms with Gasteiger partial charge in [-0.3, -0.25) is 15.1 Å². The van der Waals surface area contributed by atoms with Crippen molar-refractivity contribution in [3.8, 4) is 16.9 Å². The molecule has 2 aliphatic rings. The number of rotatable bonds is 4. The van der Waals surface area contributed by atoms with Crippen LogP contribution in [0.4, 0.5) is 4.39 Å². The number of ether oxygens (including phenoxy) is 1. The lowest BCUT2D eigenvalue weighted by Crippen LogP contribution is -2.47. The standard InChI is InChI=1S/C23H28FN3O2.ClH/c1-5-29-16-6-7-19(24)18(13-16)17-12-14(2)25-21(15(17)3)20-8-9-23(26-20)10-11-27(4)22(23)28;/h6-7,12-13,20,26H,5,8-11H2,1-4H3;1H. The van der Waals surface area contributed by atoms with E-state index in [1.165, 1.54) is 6.07 Å². The number of aromatic nitrogens is 1. The highest BCUT2D eigenvalue weighted by Crippen LogP contribution is 2.41. The molecule has 2 fully saturated rings. The lowest BCUT2D eigenvalue weighted by Gasteiger charge is -2.24. The highest BCUT2D eigenvalue weighted by atomic mass is 35.5. The van der Waals surface area contributed by atoms with Gasteiger partial charge in [0.15, 0.2) is 0 Å². The zero-order chi connectivity index (χ0) is 20.8. The van der Waals surface area contributed by atoms with E-state index in [9.17, 15) is 9.18 Å². The zero-order valence-electron chi connectivity index (χ0n) is 17.9. The number of nitrogens with one attached hydrogen (secondary N) is 1. The molecule has 1 N–H and O–H groups in total. The van der Waals surface area contributed by atoms with E-state index in [-0.39, 0.29) is 30.2 Å². The van der Waals surface area contributed by atoms with Crippen LogP contribution in [0.5, 0.6) is 5.75 Å². The largest absolute Gasteiger partial charge is 0.494 e. The Kier molecular flexibility index (Phi) is 6.39. The van der Waals surface area contributed by atoms with Crippen LogP contribution >= 0.6 is 12.4 Å². The monoisotopic (exact) mass is 433 g/mol. The van der Waals surface area contributed by atoms with Gasteiger partial charge >= 0.3 is 0 Å². The second-order valence-electron chi connectivity index (χ2n) is 8.19. The minimum atomic E-state index is -0.475. The van der Waals surface area contributed by atoms with Crippen LogP contribution in [-0.4, -0.2) is 41.5 Å². The van der Waals surface area contributed by atoms with Crippen molar-refractivity contribution in [1.29, 1.82) is 0 Å². The highest BCUT2D eigenvalue weighted by Gasteiger charge is 2.50. The predicted octanol–water partition coefficient (Wildman–Crippen LogP) is 4.35. The number of aryl methyl sites for hydroxylation is 1. The van der Waals surface area contributed by atoms with Crippen LogP contribution in [0.2, 0.25) is 0 Å². The highest BCUT2D eigenvalue weighted by molar-refractivity contribution is 5.88. The normalized spacial score (nSPS) is 23.2. The third-order valence-corrected chi connectivity index (χ3v) is 6.25. The summed E-state index contributed by atoms with van der Waals surface area (Å²) >= 11 is 0. The van der Waals surface area contributed by atoms with Crippen molar-refractivity contribution in [3.63, 3.8) is 0 Å². The summed E-state index contributed by atoms with van der Waals surface area (Å²) in [6, 6.07) is 6.76. The van der Waals surface area contributed by atoms with Crippen molar-refractivity contribution < 1.29 is 13.9 Å². The number of amides is 1. The molecule has 0 saturated carbocycles. The maximum atomic E-state index is 14.7. The number of carbonyl (C=O) groups excluding carboxylic acids is 1. The minimum Gasteiger partial charge on any atom is -0.494 e. The van der Waals surface area contributed by atoms with E-state index in [0.29, 0.717) is 17.9 Å². The number of carbonyl (C=O) groups is 1. The van der Waals surface area contributed by atoms with E-state index in [4.69, 9.17) is 9.72 Å². The van der Waals surface area contributed by atoms with E-state index < -0.39 is 5.54 Å². The van der Waals surface area contributed by atoms with Crippen molar-refractivity contribution in [3.05, 3.63) is 47.0 Å². The van der Waals surface area contributed by atoms with Crippen LogP contribution in [0, 0.1) is 19.7 Å². The first-order valence-corrected chi connectivity index (χ1v) is 10.3. The van der Waals surface area contributed by atoms with Crippen LogP contribution in [0.25, 0.3) is 11.1 Å². The first-order valence-electron chi connectivity index (χ1n) is 10.3. The third-order valence-electron chi connectivity index (χ3n) is 6.25. The maximum Gasteiger partial charge on any atom is 0.242 e. The molecule has 4 rings (SSSR count). The lowest BCUT2D eigenvalue weighted by molar-refractivity contribution is -0.131. The van der Waals surface area contributed by atoms with Crippen LogP contribution in [0.15, 0.2) is 24.3 Å². The zero-order valence-corrected chi connectivity index (χ0v) is 18.7. The number of benzene rings is 1. The molecule has 1 amide bonds. The maximum absolute atomic E-state index is 14.7. The predicted molar refractivity (Wildman–Crippen MR) is 118 cm³/mol. The van der Waals surface area contributed by atoms with Gasteiger partial charge in [-0.2, -0.15) is 0 Å². The summed E-state index contributed by atoms with van der Waals surface area (Å²) in [5.41, 5.74) is 3.54. The number of nitrogens with zero attached hydrogens (tertiary/aromatic N) is 2. The number of hydrogen-bond acceptors (Lipinski definition) is 4. The fraction of sp³-hybridized carbons (Fsp3) is 0.478. The first kappa shape index (κ1) is 22.5. The molecule has 2 atom stereocenters. The average molecular weight is 434 g/mol. The molecule has 5 nitrogen and oxygen atoms in total. The van der Waals surface area contributed by atoms with Gasteiger partial charge in [-0.05, 0) is 75.4 Å². The van der Waals surface area contributed by atoms with Crippen LogP contribution in [0.1, 0.15) is 49.2 Å². The summed E-state index contributed by atoms with van der Waals surface area (Å²) in [7, 11) is 1.86. The van der Waals surface area contributed by atoms with Gasteiger partial charge in [0.25, 0.3) is 0 Å². The van der Waals surface area contributed by atoms with E-state index in [1.54, 1.807) is 17.0 Å². The summed E-state index contributed by atoms with van der Waals surface area (Å²) in [5.74, 6) is 0.536. The Hall–Kier alpha value is -2.18. The molecule has 162 valence electrons. The fourth-order valence-electron chi connectivity index (χ4n) is 4.72. The van der Waals surface area contributed by atoms with Gasteiger partial charge in [0.05, 0.1) is 18.3 Å². The second-order valence-corrected chi connectivity index (χ2v) is 8.19. The molecular weight excluding hydrogens is 405 g/mol. The molecule has 0 bridgehead atoms. The van der Waals surface area contributed by atoms with Crippen molar-refractivity contribution in [2.24, 2.45) is 0 Å². The van der Waals surface area contributed by atoms with Gasteiger partial charge in [0.1, 0.15) is 17.1 Å². The Labute approximate surface area is 183 Å². The topological polar surface area (TPSA) is 54.5 Å². The molecule has 3 heterocycles. The summed E-state index contributed by atoms with van der Waals surface area (Å²) in [6.07, 6.45) is 2.47.